The average molecular weight is 275 g/mol. The van der Waals surface area contributed by atoms with Crippen LogP contribution < -0.4 is 0 Å². The largest absolute Gasteiger partial charge is 0.461 e. The summed E-state index contributed by atoms with van der Waals surface area (Å²) in [5, 5.41) is 4.16. The Labute approximate surface area is 97.7 Å². The minimum atomic E-state index is -0.331. The molecule has 1 aromatic heterocycles. The number of nitrogens with zero attached hydrogens (tertiary/aromatic N) is 2. The van der Waals surface area contributed by atoms with Gasteiger partial charge in [-0.1, -0.05) is 6.92 Å². The van der Waals surface area contributed by atoms with Crippen molar-refractivity contribution in [3.8, 4) is 0 Å². The number of hydrogen-bond acceptors (Lipinski definition) is 3. The van der Waals surface area contributed by atoms with Gasteiger partial charge < -0.3 is 4.74 Å². The van der Waals surface area contributed by atoms with E-state index in [1.54, 1.807) is 17.8 Å². The lowest BCUT2D eigenvalue weighted by molar-refractivity contribution is 0.0508. The van der Waals surface area contributed by atoms with Crippen LogP contribution in [0.3, 0.4) is 0 Å². The number of carbonyl (C=O) groups excluding carboxylic acids is 1. The minimum absolute atomic E-state index is 0.190. The number of rotatable bonds is 4. The molecule has 5 heteroatoms. The van der Waals surface area contributed by atoms with Gasteiger partial charge in [0, 0.05) is 6.04 Å². The van der Waals surface area contributed by atoms with Crippen molar-refractivity contribution in [2.24, 2.45) is 0 Å². The third-order valence-corrected chi connectivity index (χ3v) is 2.81. The third-order valence-electron chi connectivity index (χ3n) is 2.23. The number of esters is 1. The normalized spacial score (nSPS) is 12.5. The fraction of sp³-hybridized carbons (Fsp3) is 0.600. The molecule has 0 fully saturated rings. The average Bonchev–Trinajstić information content (AvgIpc) is 2.59. The van der Waals surface area contributed by atoms with Gasteiger partial charge in [0.25, 0.3) is 0 Å². The zero-order valence-corrected chi connectivity index (χ0v) is 10.7. The van der Waals surface area contributed by atoms with Crippen molar-refractivity contribution in [2.45, 2.75) is 33.2 Å². The van der Waals surface area contributed by atoms with Crippen LogP contribution in [0.25, 0.3) is 0 Å². The Morgan fingerprint density at radius 3 is 2.87 bits per heavy atom. The van der Waals surface area contributed by atoms with E-state index in [4.69, 9.17) is 4.74 Å². The van der Waals surface area contributed by atoms with Gasteiger partial charge >= 0.3 is 5.97 Å². The van der Waals surface area contributed by atoms with E-state index in [-0.39, 0.29) is 12.0 Å². The van der Waals surface area contributed by atoms with Gasteiger partial charge in [0.05, 0.1) is 17.3 Å². The zero-order valence-electron chi connectivity index (χ0n) is 9.16. The van der Waals surface area contributed by atoms with Gasteiger partial charge in [0.15, 0.2) is 5.69 Å². The standard InChI is InChI=1S/C10H15BrN2O2/c1-4-7(3)13-9(8(11)6-12-13)10(14)15-5-2/h6-7H,4-5H2,1-3H3/t7-/m1/s1. The topological polar surface area (TPSA) is 44.1 Å². The minimum Gasteiger partial charge on any atom is -0.461 e. The summed E-state index contributed by atoms with van der Waals surface area (Å²) in [5.41, 5.74) is 0.492. The van der Waals surface area contributed by atoms with Crippen LogP contribution in [-0.2, 0) is 4.74 Å². The number of hydrogen-bond donors (Lipinski definition) is 0. The molecule has 0 saturated heterocycles. The molecule has 15 heavy (non-hydrogen) atoms. The second-order valence-corrected chi connectivity index (χ2v) is 4.12. The van der Waals surface area contributed by atoms with Crippen molar-refractivity contribution in [1.29, 1.82) is 0 Å². The molecule has 0 aliphatic heterocycles. The first kappa shape index (κ1) is 12.2. The van der Waals surface area contributed by atoms with Gasteiger partial charge in [0.2, 0.25) is 0 Å². The Morgan fingerprint density at radius 1 is 1.67 bits per heavy atom. The molecule has 1 atom stereocenters. The molecule has 0 aliphatic rings. The lowest BCUT2D eigenvalue weighted by Crippen LogP contribution is -2.16. The first-order valence-corrected chi connectivity index (χ1v) is 5.81. The number of aromatic nitrogens is 2. The Hall–Kier alpha value is -0.840. The predicted octanol–water partition coefficient (Wildman–Crippen LogP) is 2.79. The van der Waals surface area contributed by atoms with Crippen LogP contribution in [0.15, 0.2) is 10.7 Å². The van der Waals surface area contributed by atoms with Crippen LogP contribution in [0.2, 0.25) is 0 Å². The Bertz CT molecular complexity index is 349. The van der Waals surface area contributed by atoms with Crippen LogP contribution >= 0.6 is 15.9 Å². The molecule has 1 rings (SSSR count). The summed E-state index contributed by atoms with van der Waals surface area (Å²) in [6, 6.07) is 0.190. The quantitative estimate of drug-likeness (QED) is 0.794. The van der Waals surface area contributed by atoms with E-state index in [2.05, 4.69) is 28.0 Å². The van der Waals surface area contributed by atoms with Gasteiger partial charge in [-0.25, -0.2) is 4.79 Å². The molecule has 0 aromatic carbocycles. The molecule has 4 nitrogen and oxygen atoms in total. The predicted molar refractivity (Wildman–Crippen MR) is 60.9 cm³/mol. The van der Waals surface area contributed by atoms with Crippen molar-refractivity contribution in [1.82, 2.24) is 9.78 Å². The molecule has 1 heterocycles. The highest BCUT2D eigenvalue weighted by molar-refractivity contribution is 9.10. The number of ether oxygens (including phenoxy) is 1. The van der Waals surface area contributed by atoms with Crippen LogP contribution in [0.5, 0.6) is 0 Å². The fourth-order valence-corrected chi connectivity index (χ4v) is 1.67. The fourth-order valence-electron chi connectivity index (χ4n) is 1.24. The van der Waals surface area contributed by atoms with Gasteiger partial charge in [-0.2, -0.15) is 5.10 Å². The molecule has 0 radical (unpaired) electrons. The number of halogens is 1. The highest BCUT2D eigenvalue weighted by Gasteiger charge is 2.20. The highest BCUT2D eigenvalue weighted by atomic mass is 79.9. The molecular weight excluding hydrogens is 260 g/mol. The van der Waals surface area contributed by atoms with E-state index in [0.29, 0.717) is 16.8 Å². The molecular formula is C10H15BrN2O2. The summed E-state index contributed by atoms with van der Waals surface area (Å²) in [4.78, 5) is 11.7. The maximum Gasteiger partial charge on any atom is 0.357 e. The molecule has 0 amide bonds. The van der Waals surface area contributed by atoms with Crippen molar-refractivity contribution in [2.75, 3.05) is 6.61 Å². The maximum atomic E-state index is 11.7. The van der Waals surface area contributed by atoms with Gasteiger partial charge in [-0.05, 0) is 36.2 Å². The van der Waals surface area contributed by atoms with E-state index >= 15 is 0 Å². The maximum absolute atomic E-state index is 11.7. The second-order valence-electron chi connectivity index (χ2n) is 3.26. The molecule has 1 aromatic rings. The Balaban J connectivity index is 3.03. The second kappa shape index (κ2) is 5.30. The summed E-state index contributed by atoms with van der Waals surface area (Å²) in [6.45, 7) is 6.23. The lowest BCUT2D eigenvalue weighted by Gasteiger charge is -2.12. The Kier molecular flexibility index (Phi) is 4.32. The van der Waals surface area contributed by atoms with Crippen LogP contribution in [0.1, 0.15) is 43.7 Å². The summed E-state index contributed by atoms with van der Waals surface area (Å²) in [7, 11) is 0. The van der Waals surface area contributed by atoms with Crippen molar-refractivity contribution >= 4 is 21.9 Å². The monoisotopic (exact) mass is 274 g/mol. The van der Waals surface area contributed by atoms with Crippen LogP contribution in [0, 0.1) is 0 Å². The molecule has 0 unspecified atom stereocenters. The smallest absolute Gasteiger partial charge is 0.357 e. The molecule has 0 aliphatic carbocycles. The van der Waals surface area contributed by atoms with E-state index in [9.17, 15) is 4.79 Å². The molecule has 0 bridgehead atoms. The zero-order chi connectivity index (χ0) is 11.4. The summed E-state index contributed by atoms with van der Waals surface area (Å²) in [5.74, 6) is -0.331. The van der Waals surface area contributed by atoms with Crippen molar-refractivity contribution in [3.05, 3.63) is 16.4 Å². The Morgan fingerprint density at radius 2 is 2.33 bits per heavy atom. The van der Waals surface area contributed by atoms with Crippen molar-refractivity contribution < 1.29 is 9.53 Å². The first-order chi connectivity index (χ1) is 7.11. The summed E-state index contributed by atoms with van der Waals surface area (Å²) >= 11 is 3.30. The van der Waals surface area contributed by atoms with Gasteiger partial charge in [0.1, 0.15) is 0 Å². The van der Waals surface area contributed by atoms with E-state index < -0.39 is 0 Å². The van der Waals surface area contributed by atoms with Crippen LogP contribution in [0.4, 0.5) is 0 Å². The van der Waals surface area contributed by atoms with E-state index in [1.807, 2.05) is 6.92 Å². The van der Waals surface area contributed by atoms with Gasteiger partial charge in [-0.3, -0.25) is 4.68 Å². The molecule has 84 valence electrons. The number of carbonyl (C=O) groups is 1. The third kappa shape index (κ3) is 2.59. The highest BCUT2D eigenvalue weighted by Crippen LogP contribution is 2.21. The summed E-state index contributed by atoms with van der Waals surface area (Å²) in [6.07, 6.45) is 2.54. The van der Waals surface area contributed by atoms with Gasteiger partial charge in [-0.15, -0.1) is 0 Å². The molecule has 0 saturated carbocycles. The van der Waals surface area contributed by atoms with Crippen LogP contribution in [-0.4, -0.2) is 22.4 Å². The van der Waals surface area contributed by atoms with E-state index in [0.717, 1.165) is 6.42 Å². The summed E-state index contributed by atoms with van der Waals surface area (Å²) < 4.78 is 7.35. The van der Waals surface area contributed by atoms with Crippen molar-refractivity contribution in [3.63, 3.8) is 0 Å². The first-order valence-electron chi connectivity index (χ1n) is 5.01. The SMILES string of the molecule is CCOC(=O)c1c(Br)cnn1[C@H](C)CC. The lowest BCUT2D eigenvalue weighted by atomic mass is 10.2. The molecule has 0 N–H and O–H groups in total. The van der Waals surface area contributed by atoms with E-state index in [1.165, 1.54) is 0 Å². The molecule has 0 spiro atoms.